The second kappa shape index (κ2) is 5.17. The van der Waals surface area contributed by atoms with Crippen molar-refractivity contribution in [1.82, 2.24) is 5.32 Å². The van der Waals surface area contributed by atoms with Gasteiger partial charge in [-0.2, -0.15) is 0 Å². The van der Waals surface area contributed by atoms with Crippen molar-refractivity contribution in [3.8, 4) is 0 Å². The molecule has 0 radical (unpaired) electrons. The Morgan fingerprint density at radius 2 is 2.00 bits per heavy atom. The highest BCUT2D eigenvalue weighted by molar-refractivity contribution is 5.44. The van der Waals surface area contributed by atoms with Crippen LogP contribution in [-0.4, -0.2) is 26.2 Å². The van der Waals surface area contributed by atoms with Crippen LogP contribution in [0.2, 0.25) is 0 Å². The molecule has 2 heteroatoms. The van der Waals surface area contributed by atoms with Gasteiger partial charge >= 0.3 is 0 Å². The number of anilines is 1. The number of benzene rings is 1. The van der Waals surface area contributed by atoms with Crippen molar-refractivity contribution in [1.29, 1.82) is 0 Å². The standard InChI is InChI=1S/C13H20N2/c1-15(13-6-3-2-4-7-13)11-5-10-14-12-8-9-12/h2-4,6-7,12,14H,5,8-11H2,1H3. The SMILES string of the molecule is CN(CCCNC1CC1)c1ccccc1. The number of para-hydroxylation sites is 1. The van der Waals surface area contributed by atoms with Gasteiger partial charge in [0.2, 0.25) is 0 Å². The van der Waals surface area contributed by atoms with Crippen LogP contribution in [0.1, 0.15) is 19.3 Å². The fourth-order valence-electron chi connectivity index (χ4n) is 1.72. The number of hydrogen-bond donors (Lipinski definition) is 1. The Morgan fingerprint density at radius 3 is 2.67 bits per heavy atom. The Labute approximate surface area is 92.3 Å². The zero-order valence-electron chi connectivity index (χ0n) is 9.45. The van der Waals surface area contributed by atoms with E-state index in [1.54, 1.807) is 0 Å². The Bertz CT molecular complexity index is 280. The van der Waals surface area contributed by atoms with Crippen molar-refractivity contribution in [2.24, 2.45) is 0 Å². The van der Waals surface area contributed by atoms with Gasteiger partial charge in [0.05, 0.1) is 0 Å². The first-order valence-electron chi connectivity index (χ1n) is 5.86. The van der Waals surface area contributed by atoms with Crippen LogP contribution >= 0.6 is 0 Å². The van der Waals surface area contributed by atoms with E-state index in [2.05, 4.69) is 47.6 Å². The van der Waals surface area contributed by atoms with Crippen molar-refractivity contribution >= 4 is 5.69 Å². The lowest BCUT2D eigenvalue weighted by atomic mass is 10.3. The summed E-state index contributed by atoms with van der Waals surface area (Å²) in [5.41, 5.74) is 1.31. The molecular formula is C13H20N2. The van der Waals surface area contributed by atoms with Gasteiger partial charge in [0, 0.05) is 25.3 Å². The summed E-state index contributed by atoms with van der Waals surface area (Å²) in [4.78, 5) is 2.31. The second-order valence-electron chi connectivity index (χ2n) is 4.34. The minimum absolute atomic E-state index is 0.840. The summed E-state index contributed by atoms with van der Waals surface area (Å²) in [5, 5.41) is 3.54. The maximum absolute atomic E-state index is 3.54. The molecule has 1 fully saturated rings. The van der Waals surface area contributed by atoms with Gasteiger partial charge in [0.15, 0.2) is 0 Å². The summed E-state index contributed by atoms with van der Waals surface area (Å²) in [7, 11) is 2.16. The molecule has 0 spiro atoms. The molecule has 1 aliphatic rings. The molecule has 1 aromatic rings. The van der Waals surface area contributed by atoms with Gasteiger partial charge in [0.25, 0.3) is 0 Å². The molecule has 2 rings (SSSR count). The van der Waals surface area contributed by atoms with Gasteiger partial charge < -0.3 is 10.2 Å². The summed E-state index contributed by atoms with van der Waals surface area (Å²) in [6.45, 7) is 2.28. The summed E-state index contributed by atoms with van der Waals surface area (Å²) < 4.78 is 0. The summed E-state index contributed by atoms with van der Waals surface area (Å²) in [5.74, 6) is 0. The first-order valence-corrected chi connectivity index (χ1v) is 5.86. The molecule has 1 saturated carbocycles. The third kappa shape index (κ3) is 3.56. The molecule has 1 aliphatic carbocycles. The predicted molar refractivity (Wildman–Crippen MR) is 65.4 cm³/mol. The fourth-order valence-corrected chi connectivity index (χ4v) is 1.72. The molecular weight excluding hydrogens is 184 g/mol. The molecule has 15 heavy (non-hydrogen) atoms. The lowest BCUT2D eigenvalue weighted by molar-refractivity contribution is 0.642. The average Bonchev–Trinajstić information content (AvgIpc) is 3.09. The average molecular weight is 204 g/mol. The minimum atomic E-state index is 0.840. The van der Waals surface area contributed by atoms with Gasteiger partial charge in [-0.15, -0.1) is 0 Å². The third-order valence-electron chi connectivity index (χ3n) is 2.88. The van der Waals surface area contributed by atoms with Gasteiger partial charge in [0.1, 0.15) is 0 Å². The lowest BCUT2D eigenvalue weighted by Gasteiger charge is -2.19. The van der Waals surface area contributed by atoms with Crippen LogP contribution in [0.25, 0.3) is 0 Å². The first kappa shape index (κ1) is 10.5. The maximum atomic E-state index is 3.54. The van der Waals surface area contributed by atoms with Crippen molar-refractivity contribution in [2.75, 3.05) is 25.0 Å². The van der Waals surface area contributed by atoms with Gasteiger partial charge in [-0.3, -0.25) is 0 Å². The number of hydrogen-bond acceptors (Lipinski definition) is 2. The van der Waals surface area contributed by atoms with Crippen LogP contribution in [0.4, 0.5) is 5.69 Å². The predicted octanol–water partition coefficient (Wildman–Crippen LogP) is 2.26. The zero-order valence-corrected chi connectivity index (χ0v) is 9.45. The van der Waals surface area contributed by atoms with E-state index in [9.17, 15) is 0 Å². The normalized spacial score (nSPS) is 15.3. The molecule has 0 aromatic heterocycles. The van der Waals surface area contributed by atoms with Gasteiger partial charge in [-0.05, 0) is 37.9 Å². The highest BCUT2D eigenvalue weighted by atomic mass is 15.1. The molecule has 0 amide bonds. The monoisotopic (exact) mass is 204 g/mol. The van der Waals surface area contributed by atoms with E-state index < -0.39 is 0 Å². The molecule has 0 atom stereocenters. The molecule has 1 N–H and O–H groups in total. The highest BCUT2D eigenvalue weighted by Gasteiger charge is 2.19. The van der Waals surface area contributed by atoms with E-state index in [4.69, 9.17) is 0 Å². The van der Waals surface area contributed by atoms with Crippen LogP contribution in [-0.2, 0) is 0 Å². The topological polar surface area (TPSA) is 15.3 Å². The van der Waals surface area contributed by atoms with Crippen molar-refractivity contribution < 1.29 is 0 Å². The van der Waals surface area contributed by atoms with E-state index in [0.29, 0.717) is 0 Å². The van der Waals surface area contributed by atoms with Gasteiger partial charge in [-0.25, -0.2) is 0 Å². The van der Waals surface area contributed by atoms with Crippen LogP contribution in [0.3, 0.4) is 0 Å². The van der Waals surface area contributed by atoms with E-state index >= 15 is 0 Å². The van der Waals surface area contributed by atoms with Crippen molar-refractivity contribution in [3.05, 3.63) is 30.3 Å². The van der Waals surface area contributed by atoms with Gasteiger partial charge in [-0.1, -0.05) is 18.2 Å². The van der Waals surface area contributed by atoms with E-state index in [1.165, 1.54) is 24.9 Å². The molecule has 0 saturated heterocycles. The number of rotatable bonds is 6. The Hall–Kier alpha value is -1.02. The van der Waals surface area contributed by atoms with Crippen molar-refractivity contribution in [2.45, 2.75) is 25.3 Å². The van der Waals surface area contributed by atoms with Crippen LogP contribution in [0, 0.1) is 0 Å². The van der Waals surface area contributed by atoms with E-state index in [-0.39, 0.29) is 0 Å². The molecule has 0 heterocycles. The molecule has 0 bridgehead atoms. The Kier molecular flexibility index (Phi) is 3.62. The Balaban J connectivity index is 1.65. The fraction of sp³-hybridized carbons (Fsp3) is 0.538. The first-order chi connectivity index (χ1) is 7.36. The zero-order chi connectivity index (χ0) is 10.5. The van der Waals surface area contributed by atoms with E-state index in [0.717, 1.165) is 19.1 Å². The van der Waals surface area contributed by atoms with E-state index in [1.807, 2.05) is 0 Å². The summed E-state index contributed by atoms with van der Waals surface area (Å²) >= 11 is 0. The summed E-state index contributed by atoms with van der Waals surface area (Å²) in [6.07, 6.45) is 3.99. The molecule has 0 aliphatic heterocycles. The molecule has 0 unspecified atom stereocenters. The minimum Gasteiger partial charge on any atom is -0.375 e. The third-order valence-corrected chi connectivity index (χ3v) is 2.88. The molecule has 2 nitrogen and oxygen atoms in total. The highest BCUT2D eigenvalue weighted by Crippen LogP contribution is 2.18. The Morgan fingerprint density at radius 1 is 1.27 bits per heavy atom. The van der Waals surface area contributed by atoms with Crippen LogP contribution in [0.15, 0.2) is 30.3 Å². The smallest absolute Gasteiger partial charge is 0.0363 e. The quantitative estimate of drug-likeness (QED) is 0.715. The number of nitrogens with zero attached hydrogens (tertiary/aromatic N) is 1. The maximum Gasteiger partial charge on any atom is 0.0363 e. The molecule has 82 valence electrons. The number of nitrogens with one attached hydrogen (secondary N) is 1. The van der Waals surface area contributed by atoms with Crippen LogP contribution in [0.5, 0.6) is 0 Å². The summed E-state index contributed by atoms with van der Waals surface area (Å²) in [6, 6.07) is 11.4. The second-order valence-corrected chi connectivity index (χ2v) is 4.34. The largest absolute Gasteiger partial charge is 0.375 e. The molecule has 1 aromatic carbocycles. The van der Waals surface area contributed by atoms with Crippen LogP contribution < -0.4 is 10.2 Å². The lowest BCUT2D eigenvalue weighted by Crippen LogP contribution is -2.24. The van der Waals surface area contributed by atoms with Crippen molar-refractivity contribution in [3.63, 3.8) is 0 Å².